The third kappa shape index (κ3) is 3.45. The summed E-state index contributed by atoms with van der Waals surface area (Å²) >= 11 is 0. The van der Waals surface area contributed by atoms with E-state index in [4.69, 9.17) is 9.47 Å². The summed E-state index contributed by atoms with van der Waals surface area (Å²) < 4.78 is 11.7. The number of hydrogen-bond acceptors (Lipinski definition) is 6. The highest BCUT2D eigenvalue weighted by molar-refractivity contribution is 5.94. The minimum Gasteiger partial charge on any atom is -0.489 e. The zero-order valence-electron chi connectivity index (χ0n) is 16.4. The minimum absolute atomic E-state index is 0.164. The second kappa shape index (κ2) is 7.10. The van der Waals surface area contributed by atoms with Crippen molar-refractivity contribution in [1.29, 1.82) is 0 Å². The topological polar surface area (TPSA) is 99.7 Å². The third-order valence-corrected chi connectivity index (χ3v) is 5.35. The van der Waals surface area contributed by atoms with Gasteiger partial charge in [0, 0.05) is 24.7 Å². The standard InChI is InChI=1S/C20H26N4O4/c1-20(2)10-13-12(8-9-28-20)17(23-22-13)18(25)21-14-11-27-16-7-5-4-6-15(16)24(3)19(14)26/h4-7,14,19,26H,8-11H2,1-3H3,(H,21,25)(H,22,23)/t14-,19?/m0/s1. The molecule has 0 fully saturated rings. The lowest BCUT2D eigenvalue weighted by Crippen LogP contribution is -2.52. The van der Waals surface area contributed by atoms with Crippen molar-refractivity contribution in [1.82, 2.24) is 15.5 Å². The predicted molar refractivity (Wildman–Crippen MR) is 104 cm³/mol. The van der Waals surface area contributed by atoms with E-state index in [2.05, 4.69) is 15.5 Å². The maximum Gasteiger partial charge on any atom is 0.272 e. The van der Waals surface area contributed by atoms with Crippen LogP contribution in [0.25, 0.3) is 0 Å². The van der Waals surface area contributed by atoms with Crippen LogP contribution in [0.3, 0.4) is 0 Å². The molecule has 0 saturated heterocycles. The number of anilines is 1. The van der Waals surface area contributed by atoms with E-state index >= 15 is 0 Å². The van der Waals surface area contributed by atoms with Crippen LogP contribution in [-0.4, -0.2) is 59.3 Å². The molecule has 2 aliphatic heterocycles. The molecule has 2 aromatic rings. The number of para-hydroxylation sites is 2. The fraction of sp³-hybridized carbons (Fsp3) is 0.500. The van der Waals surface area contributed by atoms with Gasteiger partial charge in [0.25, 0.3) is 5.91 Å². The van der Waals surface area contributed by atoms with E-state index in [0.717, 1.165) is 16.9 Å². The van der Waals surface area contributed by atoms with Gasteiger partial charge in [-0.2, -0.15) is 5.10 Å². The molecule has 3 N–H and O–H groups in total. The lowest BCUT2D eigenvalue weighted by atomic mass is 9.99. The number of H-pyrrole nitrogens is 1. The molecule has 0 saturated carbocycles. The number of benzene rings is 1. The Morgan fingerprint density at radius 2 is 2.18 bits per heavy atom. The number of nitrogens with one attached hydrogen (secondary N) is 2. The summed E-state index contributed by atoms with van der Waals surface area (Å²) in [7, 11) is 1.78. The number of aliphatic hydroxyl groups is 1. The number of aromatic nitrogens is 2. The predicted octanol–water partition coefficient (Wildman–Crippen LogP) is 1.25. The first kappa shape index (κ1) is 18.8. The Labute approximate surface area is 163 Å². The summed E-state index contributed by atoms with van der Waals surface area (Å²) in [6.07, 6.45) is 0.357. The van der Waals surface area contributed by atoms with Crippen LogP contribution in [0.5, 0.6) is 5.75 Å². The first-order chi connectivity index (χ1) is 13.4. The van der Waals surface area contributed by atoms with Gasteiger partial charge in [0.1, 0.15) is 18.4 Å². The van der Waals surface area contributed by atoms with Gasteiger partial charge in [0.05, 0.1) is 17.9 Å². The number of rotatable bonds is 2. The van der Waals surface area contributed by atoms with E-state index in [1.165, 1.54) is 0 Å². The smallest absolute Gasteiger partial charge is 0.272 e. The fourth-order valence-corrected chi connectivity index (χ4v) is 3.81. The minimum atomic E-state index is -0.924. The van der Waals surface area contributed by atoms with Crippen molar-refractivity contribution in [2.45, 2.75) is 44.6 Å². The van der Waals surface area contributed by atoms with E-state index in [0.29, 0.717) is 30.9 Å². The number of amides is 1. The SMILES string of the molecule is CN1c2ccccc2OC[C@H](NC(=O)c2n[nH]c3c2CCOC(C)(C)C3)C1O. The molecule has 0 bridgehead atoms. The lowest BCUT2D eigenvalue weighted by molar-refractivity contribution is -0.0110. The molecule has 0 spiro atoms. The number of nitrogens with zero attached hydrogens (tertiary/aromatic N) is 2. The van der Waals surface area contributed by atoms with E-state index in [1.54, 1.807) is 11.9 Å². The van der Waals surface area contributed by atoms with Crippen molar-refractivity contribution in [2.75, 3.05) is 25.2 Å². The Kier molecular flexibility index (Phi) is 4.76. The Balaban J connectivity index is 1.53. The molecule has 1 unspecified atom stereocenters. The summed E-state index contributed by atoms with van der Waals surface area (Å²) in [5.41, 5.74) is 2.64. The summed E-state index contributed by atoms with van der Waals surface area (Å²) in [6, 6.07) is 6.87. The second-order valence-corrected chi connectivity index (χ2v) is 7.95. The van der Waals surface area contributed by atoms with E-state index < -0.39 is 12.3 Å². The number of fused-ring (bicyclic) bond motifs is 2. The number of aromatic amines is 1. The van der Waals surface area contributed by atoms with Crippen LogP contribution in [0.4, 0.5) is 5.69 Å². The third-order valence-electron chi connectivity index (χ3n) is 5.35. The number of likely N-dealkylation sites (N-methyl/N-ethyl adjacent to an activating group) is 1. The van der Waals surface area contributed by atoms with Crippen LogP contribution in [0.1, 0.15) is 35.6 Å². The molecule has 4 rings (SSSR count). The molecular weight excluding hydrogens is 360 g/mol. The molecule has 3 heterocycles. The highest BCUT2D eigenvalue weighted by Crippen LogP contribution is 2.31. The molecule has 8 nitrogen and oxygen atoms in total. The molecule has 150 valence electrons. The van der Waals surface area contributed by atoms with Crippen molar-refractivity contribution in [3.63, 3.8) is 0 Å². The Bertz CT molecular complexity index is 879. The first-order valence-electron chi connectivity index (χ1n) is 9.49. The first-order valence-corrected chi connectivity index (χ1v) is 9.49. The second-order valence-electron chi connectivity index (χ2n) is 7.95. The highest BCUT2D eigenvalue weighted by Gasteiger charge is 2.33. The van der Waals surface area contributed by atoms with Crippen LogP contribution < -0.4 is 15.0 Å². The van der Waals surface area contributed by atoms with E-state index in [1.807, 2.05) is 38.1 Å². The van der Waals surface area contributed by atoms with Crippen LogP contribution in [-0.2, 0) is 17.6 Å². The molecule has 8 heteroatoms. The Hall–Kier alpha value is -2.58. The fourth-order valence-electron chi connectivity index (χ4n) is 3.81. The average molecular weight is 386 g/mol. The van der Waals surface area contributed by atoms with E-state index in [-0.39, 0.29) is 18.1 Å². The van der Waals surface area contributed by atoms with Gasteiger partial charge in [-0.05, 0) is 32.4 Å². The van der Waals surface area contributed by atoms with Crippen LogP contribution in [0, 0.1) is 0 Å². The van der Waals surface area contributed by atoms with Crippen LogP contribution in [0.2, 0.25) is 0 Å². The van der Waals surface area contributed by atoms with Gasteiger partial charge in [0.2, 0.25) is 0 Å². The van der Waals surface area contributed by atoms with Crippen LogP contribution in [0.15, 0.2) is 24.3 Å². The Morgan fingerprint density at radius 1 is 1.39 bits per heavy atom. The average Bonchev–Trinajstić information content (AvgIpc) is 2.92. The molecule has 2 atom stereocenters. The normalized spacial score (nSPS) is 23.6. The van der Waals surface area contributed by atoms with Gasteiger partial charge < -0.3 is 24.8 Å². The monoisotopic (exact) mass is 386 g/mol. The van der Waals surface area contributed by atoms with Gasteiger partial charge in [0.15, 0.2) is 11.9 Å². The van der Waals surface area contributed by atoms with Gasteiger partial charge in [-0.25, -0.2) is 0 Å². The quantitative estimate of drug-likeness (QED) is 0.718. The van der Waals surface area contributed by atoms with Crippen molar-refractivity contribution < 1.29 is 19.4 Å². The summed E-state index contributed by atoms with van der Waals surface area (Å²) in [4.78, 5) is 14.6. The number of carbonyl (C=O) groups is 1. The molecule has 1 aromatic heterocycles. The number of ether oxygens (including phenoxy) is 2. The molecular formula is C20H26N4O4. The van der Waals surface area contributed by atoms with Crippen molar-refractivity contribution in [2.24, 2.45) is 0 Å². The van der Waals surface area contributed by atoms with Gasteiger partial charge >= 0.3 is 0 Å². The molecule has 1 aromatic carbocycles. The van der Waals surface area contributed by atoms with Gasteiger partial charge in [-0.15, -0.1) is 0 Å². The largest absolute Gasteiger partial charge is 0.489 e. The summed E-state index contributed by atoms with van der Waals surface area (Å²) in [5.74, 6) is 0.345. The maximum absolute atomic E-state index is 12.9. The molecule has 0 radical (unpaired) electrons. The highest BCUT2D eigenvalue weighted by atomic mass is 16.5. The molecule has 1 amide bonds. The summed E-state index contributed by atoms with van der Waals surface area (Å²) in [6.45, 7) is 4.74. The number of hydrogen-bond donors (Lipinski definition) is 3. The maximum atomic E-state index is 12.9. The number of aliphatic hydroxyl groups excluding tert-OH is 1. The summed E-state index contributed by atoms with van der Waals surface area (Å²) in [5, 5.41) is 20.9. The molecule has 28 heavy (non-hydrogen) atoms. The van der Waals surface area contributed by atoms with Gasteiger partial charge in [-0.1, -0.05) is 12.1 Å². The lowest BCUT2D eigenvalue weighted by Gasteiger charge is -2.28. The van der Waals surface area contributed by atoms with Crippen molar-refractivity contribution in [3.8, 4) is 5.75 Å². The molecule has 0 aliphatic carbocycles. The van der Waals surface area contributed by atoms with Crippen molar-refractivity contribution in [3.05, 3.63) is 41.2 Å². The number of carbonyl (C=O) groups excluding carboxylic acids is 1. The zero-order chi connectivity index (χ0) is 19.9. The van der Waals surface area contributed by atoms with Gasteiger partial charge in [-0.3, -0.25) is 9.89 Å². The van der Waals surface area contributed by atoms with E-state index in [9.17, 15) is 9.90 Å². The van der Waals surface area contributed by atoms with Crippen LogP contribution >= 0.6 is 0 Å². The zero-order valence-corrected chi connectivity index (χ0v) is 16.4. The van der Waals surface area contributed by atoms with Crippen molar-refractivity contribution >= 4 is 11.6 Å². The Morgan fingerprint density at radius 3 is 3.00 bits per heavy atom. The molecule has 2 aliphatic rings.